The molecule has 0 bridgehead atoms. The van der Waals surface area contributed by atoms with Gasteiger partial charge in [0.1, 0.15) is 18.4 Å². The molecular weight excluding hydrogens is 222 g/mol. The zero-order chi connectivity index (χ0) is 12.7. The van der Waals surface area contributed by atoms with Gasteiger partial charge >= 0.3 is 5.97 Å². The molecule has 5 nitrogen and oxygen atoms in total. The highest BCUT2D eigenvalue weighted by molar-refractivity contribution is 5.73. The second-order valence-electron chi connectivity index (χ2n) is 3.63. The molecule has 5 heteroatoms. The van der Waals surface area contributed by atoms with Gasteiger partial charge in [0.05, 0.1) is 6.61 Å². The lowest BCUT2D eigenvalue weighted by Crippen LogP contribution is -2.32. The van der Waals surface area contributed by atoms with E-state index < -0.39 is 12.0 Å². The van der Waals surface area contributed by atoms with Crippen LogP contribution in [0.1, 0.15) is 5.56 Å². The SMILES string of the molecule is COCCOc1ccc(C[C@H](N)C(=O)O)cc1. The van der Waals surface area contributed by atoms with Gasteiger partial charge in [0, 0.05) is 7.11 Å². The molecule has 94 valence electrons. The van der Waals surface area contributed by atoms with Gasteiger partial charge in [0.15, 0.2) is 0 Å². The molecule has 3 N–H and O–H groups in total. The van der Waals surface area contributed by atoms with E-state index in [9.17, 15) is 4.79 Å². The Hall–Kier alpha value is -1.59. The maximum absolute atomic E-state index is 10.6. The average molecular weight is 239 g/mol. The van der Waals surface area contributed by atoms with Crippen molar-refractivity contribution in [2.75, 3.05) is 20.3 Å². The van der Waals surface area contributed by atoms with Crippen LogP contribution in [-0.2, 0) is 16.0 Å². The molecule has 1 aromatic rings. The third-order valence-corrected chi connectivity index (χ3v) is 2.25. The van der Waals surface area contributed by atoms with Crippen LogP contribution in [0.4, 0.5) is 0 Å². The van der Waals surface area contributed by atoms with Crippen molar-refractivity contribution < 1.29 is 19.4 Å². The number of aliphatic carboxylic acids is 1. The Morgan fingerprint density at radius 3 is 2.53 bits per heavy atom. The molecule has 0 saturated carbocycles. The first-order chi connectivity index (χ1) is 8.13. The second kappa shape index (κ2) is 6.88. The summed E-state index contributed by atoms with van der Waals surface area (Å²) in [5.41, 5.74) is 6.31. The molecule has 0 spiro atoms. The molecule has 1 atom stereocenters. The van der Waals surface area contributed by atoms with Crippen LogP contribution in [0.5, 0.6) is 5.75 Å². The van der Waals surface area contributed by atoms with E-state index in [0.29, 0.717) is 19.6 Å². The van der Waals surface area contributed by atoms with Crippen LogP contribution in [0.2, 0.25) is 0 Å². The smallest absolute Gasteiger partial charge is 0.320 e. The van der Waals surface area contributed by atoms with Crippen LogP contribution >= 0.6 is 0 Å². The van der Waals surface area contributed by atoms with Crippen molar-refractivity contribution in [2.24, 2.45) is 5.73 Å². The van der Waals surface area contributed by atoms with E-state index in [1.165, 1.54) is 0 Å². The molecule has 0 radical (unpaired) electrons. The zero-order valence-corrected chi connectivity index (χ0v) is 9.76. The van der Waals surface area contributed by atoms with Gasteiger partial charge in [-0.15, -0.1) is 0 Å². The molecule has 0 heterocycles. The van der Waals surface area contributed by atoms with Crippen molar-refractivity contribution in [3.05, 3.63) is 29.8 Å². The first kappa shape index (κ1) is 13.5. The predicted octanol–water partition coefficient (Wildman–Crippen LogP) is 0.666. The Kier molecular flexibility index (Phi) is 5.45. The van der Waals surface area contributed by atoms with Gasteiger partial charge in [-0.2, -0.15) is 0 Å². The van der Waals surface area contributed by atoms with Crippen molar-refractivity contribution in [3.63, 3.8) is 0 Å². The van der Waals surface area contributed by atoms with Gasteiger partial charge in [-0.05, 0) is 24.1 Å². The summed E-state index contributed by atoms with van der Waals surface area (Å²) in [4.78, 5) is 10.6. The number of rotatable bonds is 7. The Labute approximate surface area is 100 Å². The minimum absolute atomic E-state index is 0.313. The van der Waals surface area contributed by atoms with Gasteiger partial charge in [-0.3, -0.25) is 4.79 Å². The molecule has 0 unspecified atom stereocenters. The number of ether oxygens (including phenoxy) is 2. The standard InChI is InChI=1S/C12H17NO4/c1-16-6-7-17-10-4-2-9(3-5-10)8-11(13)12(14)15/h2-5,11H,6-8,13H2,1H3,(H,14,15)/t11-/m0/s1. The summed E-state index contributed by atoms with van der Waals surface area (Å²) in [7, 11) is 1.61. The predicted molar refractivity (Wildman–Crippen MR) is 63.1 cm³/mol. The molecule has 0 amide bonds. The van der Waals surface area contributed by atoms with E-state index in [2.05, 4.69) is 0 Å². The number of benzene rings is 1. The fourth-order valence-corrected chi connectivity index (χ4v) is 1.31. The quantitative estimate of drug-likeness (QED) is 0.683. The van der Waals surface area contributed by atoms with Crippen molar-refractivity contribution in [1.29, 1.82) is 0 Å². The Balaban J connectivity index is 2.47. The fourth-order valence-electron chi connectivity index (χ4n) is 1.31. The van der Waals surface area contributed by atoms with Crippen molar-refractivity contribution in [2.45, 2.75) is 12.5 Å². The van der Waals surface area contributed by atoms with Gasteiger partial charge in [0.2, 0.25) is 0 Å². The van der Waals surface area contributed by atoms with Crippen molar-refractivity contribution in [1.82, 2.24) is 0 Å². The average Bonchev–Trinajstić information content (AvgIpc) is 2.31. The lowest BCUT2D eigenvalue weighted by molar-refractivity contribution is -0.138. The number of nitrogens with two attached hydrogens (primary N) is 1. The lowest BCUT2D eigenvalue weighted by Gasteiger charge is -2.08. The Morgan fingerprint density at radius 1 is 1.35 bits per heavy atom. The highest BCUT2D eigenvalue weighted by atomic mass is 16.5. The van der Waals surface area contributed by atoms with Crippen LogP contribution < -0.4 is 10.5 Å². The van der Waals surface area contributed by atoms with Crippen LogP contribution in [0, 0.1) is 0 Å². The van der Waals surface area contributed by atoms with Crippen molar-refractivity contribution >= 4 is 5.97 Å². The molecule has 0 saturated heterocycles. The van der Waals surface area contributed by atoms with Crippen LogP contribution in [0.25, 0.3) is 0 Å². The third-order valence-electron chi connectivity index (χ3n) is 2.25. The topological polar surface area (TPSA) is 81.8 Å². The normalized spacial score (nSPS) is 12.1. The molecule has 1 aromatic carbocycles. The minimum atomic E-state index is -0.995. The van der Waals surface area contributed by atoms with Crippen LogP contribution in [-0.4, -0.2) is 37.4 Å². The minimum Gasteiger partial charge on any atom is -0.491 e. The van der Waals surface area contributed by atoms with E-state index in [1.54, 1.807) is 19.2 Å². The largest absolute Gasteiger partial charge is 0.491 e. The number of hydrogen-bond acceptors (Lipinski definition) is 4. The maximum Gasteiger partial charge on any atom is 0.320 e. The van der Waals surface area contributed by atoms with E-state index in [0.717, 1.165) is 11.3 Å². The van der Waals surface area contributed by atoms with Crippen LogP contribution in [0.15, 0.2) is 24.3 Å². The maximum atomic E-state index is 10.6. The highest BCUT2D eigenvalue weighted by Crippen LogP contribution is 2.13. The Bertz CT molecular complexity index is 350. The summed E-state index contributed by atoms with van der Waals surface area (Å²) in [5, 5.41) is 8.68. The third kappa shape index (κ3) is 4.84. The summed E-state index contributed by atoms with van der Waals surface area (Å²) < 4.78 is 10.2. The van der Waals surface area contributed by atoms with Crippen LogP contribution in [0.3, 0.4) is 0 Å². The molecule has 17 heavy (non-hydrogen) atoms. The van der Waals surface area contributed by atoms with E-state index >= 15 is 0 Å². The van der Waals surface area contributed by atoms with Gasteiger partial charge in [0.25, 0.3) is 0 Å². The summed E-state index contributed by atoms with van der Waals surface area (Å²) in [5.74, 6) is -0.264. The molecule has 0 aliphatic carbocycles. The summed E-state index contributed by atoms with van der Waals surface area (Å²) >= 11 is 0. The number of carboxylic acids is 1. The molecule has 1 rings (SSSR count). The fraction of sp³-hybridized carbons (Fsp3) is 0.417. The summed E-state index contributed by atoms with van der Waals surface area (Å²) in [6.07, 6.45) is 0.313. The van der Waals surface area contributed by atoms with E-state index in [4.69, 9.17) is 20.3 Å². The number of hydrogen-bond donors (Lipinski definition) is 2. The molecule has 0 aromatic heterocycles. The van der Waals surface area contributed by atoms with Gasteiger partial charge in [-0.1, -0.05) is 12.1 Å². The summed E-state index contributed by atoms with van der Waals surface area (Å²) in [6, 6.07) is 6.34. The van der Waals surface area contributed by atoms with Gasteiger partial charge < -0.3 is 20.3 Å². The number of methoxy groups -OCH3 is 1. The highest BCUT2D eigenvalue weighted by Gasteiger charge is 2.11. The molecule has 0 aliphatic heterocycles. The molecule has 0 aliphatic rings. The van der Waals surface area contributed by atoms with Crippen molar-refractivity contribution in [3.8, 4) is 5.75 Å². The number of carboxylic acid groups (broad SMARTS) is 1. The van der Waals surface area contributed by atoms with Gasteiger partial charge in [-0.25, -0.2) is 0 Å². The second-order valence-corrected chi connectivity index (χ2v) is 3.63. The monoisotopic (exact) mass is 239 g/mol. The molecular formula is C12H17NO4. The first-order valence-corrected chi connectivity index (χ1v) is 5.32. The zero-order valence-electron chi connectivity index (χ0n) is 9.76. The Morgan fingerprint density at radius 2 is 2.00 bits per heavy atom. The molecule has 0 fully saturated rings. The lowest BCUT2D eigenvalue weighted by atomic mass is 10.1. The first-order valence-electron chi connectivity index (χ1n) is 5.32. The van der Waals surface area contributed by atoms with E-state index in [1.807, 2.05) is 12.1 Å². The summed E-state index contributed by atoms with van der Waals surface area (Å²) in [6.45, 7) is 1.02. The van der Waals surface area contributed by atoms with E-state index in [-0.39, 0.29) is 0 Å². The number of carbonyl (C=O) groups is 1.